The number of rotatable bonds is 4. The van der Waals surface area contributed by atoms with E-state index in [9.17, 15) is 13.6 Å². The predicted octanol–water partition coefficient (Wildman–Crippen LogP) is 4.16. The molecular formula is C19H14F2N4OS. The largest absolute Gasteiger partial charge is 0.278 e. The van der Waals surface area contributed by atoms with Crippen molar-refractivity contribution < 1.29 is 13.6 Å². The van der Waals surface area contributed by atoms with Gasteiger partial charge in [0.15, 0.2) is 10.9 Å². The van der Waals surface area contributed by atoms with Crippen LogP contribution >= 0.6 is 11.3 Å². The lowest BCUT2D eigenvalue weighted by Crippen LogP contribution is -2.31. The summed E-state index contributed by atoms with van der Waals surface area (Å²) in [5.41, 5.74) is 1.31. The smallest absolute Gasteiger partial charge is 0.278 e. The molecule has 2 heterocycles. The molecule has 0 saturated carbocycles. The van der Waals surface area contributed by atoms with Crippen LogP contribution < -0.4 is 4.90 Å². The minimum atomic E-state index is -0.750. The highest BCUT2D eigenvalue weighted by molar-refractivity contribution is 7.22. The van der Waals surface area contributed by atoms with E-state index in [0.717, 1.165) is 23.0 Å². The van der Waals surface area contributed by atoms with Crippen LogP contribution in [0.3, 0.4) is 0 Å². The van der Waals surface area contributed by atoms with Crippen LogP contribution in [0.5, 0.6) is 0 Å². The number of nitrogens with zero attached hydrogens (tertiary/aromatic N) is 4. The Bertz CT molecular complexity index is 1120. The van der Waals surface area contributed by atoms with Gasteiger partial charge in [-0.1, -0.05) is 41.7 Å². The van der Waals surface area contributed by atoms with Gasteiger partial charge < -0.3 is 0 Å². The van der Waals surface area contributed by atoms with Crippen LogP contribution in [0, 0.1) is 11.6 Å². The quantitative estimate of drug-likeness (QED) is 0.531. The molecule has 27 heavy (non-hydrogen) atoms. The maximum absolute atomic E-state index is 14.1. The molecule has 0 spiro atoms. The number of aromatic nitrogens is 3. The lowest BCUT2D eigenvalue weighted by molar-refractivity contribution is 0.0976. The van der Waals surface area contributed by atoms with E-state index in [1.54, 1.807) is 13.1 Å². The minimum absolute atomic E-state index is 0.0484. The molecule has 0 fully saturated rings. The van der Waals surface area contributed by atoms with Gasteiger partial charge in [-0.15, -0.1) is 0 Å². The van der Waals surface area contributed by atoms with Gasteiger partial charge in [0.25, 0.3) is 5.91 Å². The average molecular weight is 384 g/mol. The Kier molecular flexibility index (Phi) is 4.41. The normalized spacial score (nSPS) is 11.1. The molecule has 0 bridgehead atoms. The number of benzene rings is 2. The van der Waals surface area contributed by atoms with E-state index < -0.39 is 11.6 Å². The van der Waals surface area contributed by atoms with Gasteiger partial charge in [-0.2, -0.15) is 5.10 Å². The van der Waals surface area contributed by atoms with E-state index in [1.807, 2.05) is 30.3 Å². The molecule has 0 N–H and O–H groups in total. The van der Waals surface area contributed by atoms with E-state index in [2.05, 4.69) is 10.1 Å². The van der Waals surface area contributed by atoms with Gasteiger partial charge in [-0.3, -0.25) is 14.4 Å². The van der Waals surface area contributed by atoms with E-state index in [0.29, 0.717) is 15.5 Å². The number of fused-ring (bicyclic) bond motifs is 1. The van der Waals surface area contributed by atoms with Crippen molar-refractivity contribution in [2.45, 2.75) is 6.54 Å². The number of thiazole rings is 1. The zero-order valence-corrected chi connectivity index (χ0v) is 15.1. The Morgan fingerprint density at radius 1 is 1.19 bits per heavy atom. The zero-order valence-electron chi connectivity index (χ0n) is 14.3. The third kappa shape index (κ3) is 3.31. The van der Waals surface area contributed by atoms with Gasteiger partial charge in [0.1, 0.15) is 17.0 Å². The first-order valence-electron chi connectivity index (χ1n) is 8.12. The van der Waals surface area contributed by atoms with Gasteiger partial charge in [0, 0.05) is 19.3 Å². The molecule has 5 nitrogen and oxygen atoms in total. The molecule has 4 aromatic rings. The molecule has 2 aromatic carbocycles. The third-order valence-electron chi connectivity index (χ3n) is 4.10. The summed E-state index contributed by atoms with van der Waals surface area (Å²) in [7, 11) is 1.67. The first-order chi connectivity index (χ1) is 13.0. The lowest BCUT2D eigenvalue weighted by Gasteiger charge is -2.20. The molecule has 0 aliphatic heterocycles. The van der Waals surface area contributed by atoms with Crippen molar-refractivity contribution in [1.29, 1.82) is 0 Å². The molecule has 0 unspecified atom stereocenters. The van der Waals surface area contributed by atoms with Gasteiger partial charge in [-0.05, 0) is 17.7 Å². The molecule has 0 aliphatic carbocycles. The summed E-state index contributed by atoms with van der Waals surface area (Å²) in [6.45, 7) is 0.245. The predicted molar refractivity (Wildman–Crippen MR) is 99.7 cm³/mol. The molecule has 0 radical (unpaired) electrons. The van der Waals surface area contributed by atoms with Crippen molar-refractivity contribution in [3.05, 3.63) is 77.6 Å². The fourth-order valence-electron chi connectivity index (χ4n) is 2.78. The minimum Gasteiger partial charge on any atom is -0.278 e. The van der Waals surface area contributed by atoms with E-state index in [-0.39, 0.29) is 18.0 Å². The highest BCUT2D eigenvalue weighted by Gasteiger charge is 2.24. The number of halogens is 2. The standard InChI is InChI=1S/C19H14F2N4OS/c1-24-15(7-8-22-24)18(26)25(11-12-5-3-2-4-6-12)19-23-17-14(21)9-13(20)10-16(17)27-19/h2-10H,11H2,1H3. The van der Waals surface area contributed by atoms with Crippen LogP contribution in [0.2, 0.25) is 0 Å². The van der Waals surface area contributed by atoms with E-state index in [4.69, 9.17) is 0 Å². The van der Waals surface area contributed by atoms with Crippen LogP contribution in [0.1, 0.15) is 16.1 Å². The van der Waals surface area contributed by atoms with Crippen molar-refractivity contribution in [2.24, 2.45) is 7.05 Å². The molecule has 0 aliphatic rings. The molecule has 136 valence electrons. The summed E-state index contributed by atoms with van der Waals surface area (Å²) in [4.78, 5) is 18.8. The number of aryl methyl sites for hydroxylation is 1. The van der Waals surface area contributed by atoms with Crippen LogP contribution in [0.4, 0.5) is 13.9 Å². The van der Waals surface area contributed by atoms with Crippen molar-refractivity contribution in [2.75, 3.05) is 4.90 Å². The maximum atomic E-state index is 14.1. The molecule has 0 atom stereocenters. The molecule has 0 saturated heterocycles. The Hall–Kier alpha value is -3.13. The van der Waals surface area contributed by atoms with E-state index >= 15 is 0 Å². The number of hydrogen-bond acceptors (Lipinski definition) is 4. The fraction of sp³-hybridized carbons (Fsp3) is 0.105. The van der Waals surface area contributed by atoms with Crippen molar-refractivity contribution in [1.82, 2.24) is 14.8 Å². The van der Waals surface area contributed by atoms with Crippen LogP contribution in [-0.4, -0.2) is 20.7 Å². The highest BCUT2D eigenvalue weighted by Crippen LogP contribution is 2.32. The van der Waals surface area contributed by atoms with Crippen molar-refractivity contribution >= 4 is 32.6 Å². The molecular weight excluding hydrogens is 370 g/mol. The monoisotopic (exact) mass is 384 g/mol. The summed E-state index contributed by atoms with van der Waals surface area (Å²) >= 11 is 1.07. The molecule has 2 aromatic heterocycles. The number of anilines is 1. The Balaban J connectivity index is 1.81. The van der Waals surface area contributed by atoms with Crippen molar-refractivity contribution in [3.63, 3.8) is 0 Å². The summed E-state index contributed by atoms with van der Waals surface area (Å²) in [5, 5.41) is 4.33. The second-order valence-corrected chi connectivity index (χ2v) is 6.96. The lowest BCUT2D eigenvalue weighted by atomic mass is 10.2. The Labute approximate surface area is 157 Å². The van der Waals surface area contributed by atoms with Gasteiger partial charge in [-0.25, -0.2) is 13.8 Å². The van der Waals surface area contributed by atoms with Gasteiger partial charge in [0.05, 0.1) is 11.2 Å². The van der Waals surface area contributed by atoms with Crippen LogP contribution in [0.25, 0.3) is 10.2 Å². The first-order valence-corrected chi connectivity index (χ1v) is 8.94. The zero-order chi connectivity index (χ0) is 19.0. The molecule has 4 rings (SSSR count). The fourth-order valence-corrected chi connectivity index (χ4v) is 3.78. The van der Waals surface area contributed by atoms with Crippen LogP contribution in [0.15, 0.2) is 54.7 Å². The molecule has 1 amide bonds. The summed E-state index contributed by atoms with van der Waals surface area (Å²) in [6.07, 6.45) is 1.53. The SMILES string of the molecule is Cn1nccc1C(=O)N(Cc1ccccc1)c1nc2c(F)cc(F)cc2s1. The second kappa shape index (κ2) is 6.88. The van der Waals surface area contributed by atoms with E-state index in [1.165, 1.54) is 21.8 Å². The first kappa shape index (κ1) is 17.3. The second-order valence-electron chi connectivity index (χ2n) is 5.95. The number of carbonyl (C=O) groups excluding carboxylic acids is 1. The van der Waals surface area contributed by atoms with Crippen molar-refractivity contribution in [3.8, 4) is 0 Å². The highest BCUT2D eigenvalue weighted by atomic mass is 32.1. The topological polar surface area (TPSA) is 51.0 Å². The Morgan fingerprint density at radius 2 is 1.96 bits per heavy atom. The number of carbonyl (C=O) groups is 1. The number of amides is 1. The molecule has 8 heteroatoms. The Morgan fingerprint density at radius 3 is 2.67 bits per heavy atom. The summed E-state index contributed by atoms with van der Waals surface area (Å²) in [5.74, 6) is -1.75. The third-order valence-corrected chi connectivity index (χ3v) is 5.13. The summed E-state index contributed by atoms with van der Waals surface area (Å²) < 4.78 is 29.4. The summed E-state index contributed by atoms with van der Waals surface area (Å²) in [6, 6.07) is 13.0. The average Bonchev–Trinajstić information content (AvgIpc) is 3.26. The number of hydrogen-bond donors (Lipinski definition) is 0. The van der Waals surface area contributed by atoms with Gasteiger partial charge >= 0.3 is 0 Å². The maximum Gasteiger partial charge on any atom is 0.278 e. The van der Waals surface area contributed by atoms with Crippen LogP contribution in [-0.2, 0) is 13.6 Å². The van der Waals surface area contributed by atoms with Gasteiger partial charge in [0.2, 0.25) is 0 Å².